The molecule has 0 aromatic heterocycles. The molecule has 6 nitrogen and oxygen atoms in total. The smallest absolute Gasteiger partial charge is 0.237 e. The average Bonchev–Trinajstić information content (AvgIpc) is 2.53. The van der Waals surface area contributed by atoms with E-state index in [4.69, 9.17) is 10.5 Å². The lowest BCUT2D eigenvalue weighted by atomic mass is 9.92. The number of nitrogens with one attached hydrogen (secondary N) is 2. The van der Waals surface area contributed by atoms with Crippen LogP contribution < -0.4 is 16.4 Å². The minimum atomic E-state index is -0.484. The van der Waals surface area contributed by atoms with Crippen LogP contribution in [0, 0.1) is 5.92 Å². The van der Waals surface area contributed by atoms with E-state index in [0.717, 1.165) is 24.1 Å². The van der Waals surface area contributed by atoms with Crippen LogP contribution in [0.2, 0.25) is 0 Å². The third kappa shape index (κ3) is 6.17. The fourth-order valence-electron chi connectivity index (χ4n) is 2.51. The van der Waals surface area contributed by atoms with Crippen molar-refractivity contribution in [3.63, 3.8) is 0 Å². The van der Waals surface area contributed by atoms with Crippen molar-refractivity contribution in [2.24, 2.45) is 11.7 Å². The van der Waals surface area contributed by atoms with Gasteiger partial charge in [-0.3, -0.25) is 9.59 Å². The van der Waals surface area contributed by atoms with Crippen LogP contribution in [0.25, 0.3) is 0 Å². The van der Waals surface area contributed by atoms with E-state index < -0.39 is 6.04 Å². The summed E-state index contributed by atoms with van der Waals surface area (Å²) >= 11 is 0. The maximum absolute atomic E-state index is 12.1. The number of benzene rings is 1. The van der Waals surface area contributed by atoms with Gasteiger partial charge in [-0.15, -0.1) is 12.4 Å². The Morgan fingerprint density at radius 2 is 1.87 bits per heavy atom. The molecule has 23 heavy (non-hydrogen) atoms. The van der Waals surface area contributed by atoms with Crippen molar-refractivity contribution >= 4 is 29.9 Å². The quantitative estimate of drug-likeness (QED) is 0.755. The molecule has 1 unspecified atom stereocenters. The van der Waals surface area contributed by atoms with Gasteiger partial charge in [-0.05, 0) is 36.5 Å². The average molecular weight is 342 g/mol. The highest BCUT2D eigenvalue weighted by Gasteiger charge is 2.26. The molecule has 7 heteroatoms. The molecule has 2 rings (SSSR count). The van der Waals surface area contributed by atoms with E-state index in [1.165, 1.54) is 6.92 Å². The molecule has 1 saturated heterocycles. The Morgan fingerprint density at radius 3 is 2.43 bits per heavy atom. The number of amides is 2. The highest BCUT2D eigenvalue weighted by molar-refractivity contribution is 5.88. The van der Waals surface area contributed by atoms with E-state index in [9.17, 15) is 9.59 Å². The zero-order chi connectivity index (χ0) is 15.9. The summed E-state index contributed by atoms with van der Waals surface area (Å²) in [4.78, 5) is 23.0. The number of anilines is 1. The molecule has 0 saturated carbocycles. The lowest BCUT2D eigenvalue weighted by Crippen LogP contribution is -2.46. The van der Waals surface area contributed by atoms with Crippen molar-refractivity contribution in [2.75, 3.05) is 18.5 Å². The van der Waals surface area contributed by atoms with Gasteiger partial charge in [0.15, 0.2) is 0 Å². The SMILES string of the molecule is CC(=O)Nc1ccc(CNC(=O)C(N)C2CCOCC2)cc1.Cl. The van der Waals surface area contributed by atoms with Gasteiger partial charge in [0.2, 0.25) is 11.8 Å². The topological polar surface area (TPSA) is 93.5 Å². The van der Waals surface area contributed by atoms with E-state index >= 15 is 0 Å². The van der Waals surface area contributed by atoms with Crippen LogP contribution in [0.3, 0.4) is 0 Å². The molecule has 128 valence electrons. The molecule has 1 fully saturated rings. The molecule has 1 heterocycles. The molecule has 1 aliphatic rings. The second-order valence-corrected chi connectivity index (χ2v) is 5.57. The summed E-state index contributed by atoms with van der Waals surface area (Å²) in [5, 5.41) is 5.56. The summed E-state index contributed by atoms with van der Waals surface area (Å²) < 4.78 is 5.28. The fourth-order valence-corrected chi connectivity index (χ4v) is 2.51. The van der Waals surface area contributed by atoms with Gasteiger partial charge in [-0.25, -0.2) is 0 Å². The molecule has 0 radical (unpaired) electrons. The van der Waals surface area contributed by atoms with Crippen molar-refractivity contribution in [1.82, 2.24) is 5.32 Å². The van der Waals surface area contributed by atoms with Crippen molar-refractivity contribution < 1.29 is 14.3 Å². The standard InChI is InChI=1S/C16H23N3O3.ClH/c1-11(20)19-14-4-2-12(3-5-14)10-18-16(21)15(17)13-6-8-22-9-7-13;/h2-5,13,15H,6-10,17H2,1H3,(H,18,21)(H,19,20);1H. The summed E-state index contributed by atoms with van der Waals surface area (Å²) in [6.45, 7) is 3.24. The van der Waals surface area contributed by atoms with Crippen LogP contribution in [-0.4, -0.2) is 31.1 Å². The molecule has 1 aliphatic heterocycles. The normalized spacial score (nSPS) is 16.1. The van der Waals surface area contributed by atoms with Crippen LogP contribution >= 0.6 is 12.4 Å². The molecule has 0 aliphatic carbocycles. The highest BCUT2D eigenvalue weighted by Crippen LogP contribution is 2.17. The number of hydrogen-bond acceptors (Lipinski definition) is 4. The first-order chi connectivity index (χ1) is 10.6. The van der Waals surface area contributed by atoms with Gasteiger partial charge >= 0.3 is 0 Å². The van der Waals surface area contributed by atoms with Crippen LogP contribution in [0.15, 0.2) is 24.3 Å². The van der Waals surface area contributed by atoms with Gasteiger partial charge in [0.25, 0.3) is 0 Å². The van der Waals surface area contributed by atoms with E-state index in [0.29, 0.717) is 19.8 Å². The first-order valence-electron chi connectivity index (χ1n) is 7.54. The summed E-state index contributed by atoms with van der Waals surface area (Å²) in [7, 11) is 0. The minimum Gasteiger partial charge on any atom is -0.381 e. The molecule has 0 spiro atoms. The Labute approximate surface area is 142 Å². The number of ether oxygens (including phenoxy) is 1. The van der Waals surface area contributed by atoms with Gasteiger partial charge in [-0.2, -0.15) is 0 Å². The fraction of sp³-hybridized carbons (Fsp3) is 0.500. The lowest BCUT2D eigenvalue weighted by molar-refractivity contribution is -0.124. The molecule has 1 aromatic carbocycles. The summed E-state index contributed by atoms with van der Waals surface area (Å²) in [6.07, 6.45) is 1.67. The zero-order valence-electron chi connectivity index (χ0n) is 13.2. The van der Waals surface area contributed by atoms with Crippen LogP contribution in [0.5, 0.6) is 0 Å². The summed E-state index contributed by atoms with van der Waals surface area (Å²) in [6, 6.07) is 6.86. The van der Waals surface area contributed by atoms with Gasteiger partial charge in [0, 0.05) is 32.4 Å². The minimum absolute atomic E-state index is 0. The van der Waals surface area contributed by atoms with Crippen molar-refractivity contribution in [2.45, 2.75) is 32.4 Å². The number of hydrogen-bond donors (Lipinski definition) is 3. The van der Waals surface area contributed by atoms with Crippen molar-refractivity contribution in [3.05, 3.63) is 29.8 Å². The van der Waals surface area contributed by atoms with Crippen molar-refractivity contribution in [3.8, 4) is 0 Å². The van der Waals surface area contributed by atoms with Gasteiger partial charge in [-0.1, -0.05) is 12.1 Å². The summed E-state index contributed by atoms with van der Waals surface area (Å²) in [5.41, 5.74) is 7.72. The Hall–Kier alpha value is -1.63. The second kappa shape index (κ2) is 9.50. The third-order valence-electron chi connectivity index (χ3n) is 3.82. The van der Waals surface area contributed by atoms with Gasteiger partial charge in [0.05, 0.1) is 6.04 Å². The molecule has 1 aromatic rings. The molecule has 4 N–H and O–H groups in total. The second-order valence-electron chi connectivity index (χ2n) is 5.57. The first kappa shape index (κ1) is 19.4. The number of rotatable bonds is 5. The maximum atomic E-state index is 12.1. The Morgan fingerprint density at radius 1 is 1.26 bits per heavy atom. The van der Waals surface area contributed by atoms with Gasteiger partial charge < -0.3 is 21.1 Å². The number of carbonyl (C=O) groups is 2. The maximum Gasteiger partial charge on any atom is 0.237 e. The predicted molar refractivity (Wildman–Crippen MR) is 91.4 cm³/mol. The number of halogens is 1. The Bertz CT molecular complexity index is 516. The van der Waals surface area contributed by atoms with E-state index in [-0.39, 0.29) is 30.1 Å². The molecular formula is C16H24ClN3O3. The van der Waals surface area contributed by atoms with E-state index in [2.05, 4.69) is 10.6 Å². The van der Waals surface area contributed by atoms with Gasteiger partial charge in [0.1, 0.15) is 0 Å². The van der Waals surface area contributed by atoms with Crippen LogP contribution in [0.4, 0.5) is 5.69 Å². The van der Waals surface area contributed by atoms with E-state index in [1.54, 1.807) is 12.1 Å². The largest absolute Gasteiger partial charge is 0.381 e. The predicted octanol–water partition coefficient (Wildman–Crippen LogP) is 1.44. The Balaban J connectivity index is 0.00000264. The van der Waals surface area contributed by atoms with Crippen LogP contribution in [0.1, 0.15) is 25.3 Å². The molecule has 0 bridgehead atoms. The number of nitrogens with two attached hydrogens (primary N) is 1. The first-order valence-corrected chi connectivity index (χ1v) is 7.54. The molecule has 2 amide bonds. The zero-order valence-corrected chi connectivity index (χ0v) is 14.0. The van der Waals surface area contributed by atoms with Crippen LogP contribution in [-0.2, 0) is 20.9 Å². The lowest BCUT2D eigenvalue weighted by Gasteiger charge is -2.26. The van der Waals surface area contributed by atoms with E-state index in [1.807, 2.05) is 12.1 Å². The third-order valence-corrected chi connectivity index (χ3v) is 3.82. The molecular weight excluding hydrogens is 318 g/mol. The highest BCUT2D eigenvalue weighted by atomic mass is 35.5. The number of carbonyl (C=O) groups excluding carboxylic acids is 2. The Kier molecular flexibility index (Phi) is 8.02. The monoisotopic (exact) mass is 341 g/mol. The molecule has 1 atom stereocenters. The van der Waals surface area contributed by atoms with Crippen molar-refractivity contribution in [1.29, 1.82) is 0 Å². The summed E-state index contributed by atoms with van der Waals surface area (Å²) in [5.74, 6) is -0.0442.